The van der Waals surface area contributed by atoms with Crippen molar-refractivity contribution in [2.75, 3.05) is 20.1 Å². The van der Waals surface area contributed by atoms with Crippen LogP contribution in [0.1, 0.15) is 29.0 Å². The van der Waals surface area contributed by atoms with Gasteiger partial charge < -0.3 is 10.2 Å². The van der Waals surface area contributed by atoms with Crippen LogP contribution in [0.3, 0.4) is 0 Å². The molecule has 2 heterocycles. The summed E-state index contributed by atoms with van der Waals surface area (Å²) in [5, 5.41) is 11.7. The molecule has 0 bridgehead atoms. The van der Waals surface area contributed by atoms with Gasteiger partial charge in [-0.2, -0.15) is 0 Å². The quantitative estimate of drug-likeness (QED) is 0.761. The topological polar surface area (TPSA) is 63.1 Å². The van der Waals surface area contributed by atoms with E-state index in [9.17, 15) is 4.79 Å². The van der Waals surface area contributed by atoms with Crippen LogP contribution in [0.4, 0.5) is 0 Å². The summed E-state index contributed by atoms with van der Waals surface area (Å²) in [5.41, 5.74) is 4.43. The van der Waals surface area contributed by atoms with Crippen LogP contribution in [-0.2, 0) is 0 Å². The Morgan fingerprint density at radius 2 is 1.64 bits per heavy atom. The number of benzene rings is 2. The predicted molar refractivity (Wildman–Crippen MR) is 110 cm³/mol. The molecule has 0 spiro atoms. The van der Waals surface area contributed by atoms with Crippen LogP contribution in [0.15, 0.2) is 54.6 Å². The Balaban J connectivity index is 1.53. The van der Waals surface area contributed by atoms with Gasteiger partial charge in [0, 0.05) is 19.1 Å². The molecule has 6 nitrogen and oxygen atoms in total. The molecule has 0 aliphatic carbocycles. The van der Waals surface area contributed by atoms with Crippen molar-refractivity contribution in [2.24, 2.45) is 0 Å². The largest absolute Gasteiger partial charge is 0.337 e. The zero-order valence-electron chi connectivity index (χ0n) is 16.3. The van der Waals surface area contributed by atoms with E-state index in [1.54, 1.807) is 4.68 Å². The highest BCUT2D eigenvalue weighted by Gasteiger charge is 2.26. The van der Waals surface area contributed by atoms with Crippen molar-refractivity contribution in [1.82, 2.24) is 25.2 Å². The standard InChI is InChI=1S/C22H25N5O/c1-16-21(22(28)26-14-12-19(23-2)13-15-26)24-25-27(16)20-10-8-18(9-11-20)17-6-4-3-5-7-17/h3-11,19,23H,12-15H2,1-2H3. The van der Waals surface area contributed by atoms with Crippen LogP contribution in [0.25, 0.3) is 16.8 Å². The fourth-order valence-electron chi connectivity index (χ4n) is 3.72. The summed E-state index contributed by atoms with van der Waals surface area (Å²) in [6.07, 6.45) is 1.94. The number of rotatable bonds is 4. The third-order valence-corrected chi connectivity index (χ3v) is 5.51. The molecule has 1 amide bonds. The highest BCUT2D eigenvalue weighted by Crippen LogP contribution is 2.22. The third-order valence-electron chi connectivity index (χ3n) is 5.51. The molecule has 1 N–H and O–H groups in total. The minimum Gasteiger partial charge on any atom is -0.337 e. The van der Waals surface area contributed by atoms with E-state index in [-0.39, 0.29) is 5.91 Å². The Morgan fingerprint density at radius 1 is 1.00 bits per heavy atom. The van der Waals surface area contributed by atoms with Gasteiger partial charge in [-0.05, 0) is 50.1 Å². The number of carbonyl (C=O) groups is 1. The van der Waals surface area contributed by atoms with Crippen molar-refractivity contribution >= 4 is 5.91 Å². The minimum absolute atomic E-state index is 0.0285. The average molecular weight is 375 g/mol. The molecule has 0 unspecified atom stereocenters. The number of aromatic nitrogens is 3. The lowest BCUT2D eigenvalue weighted by atomic mass is 10.0. The van der Waals surface area contributed by atoms with Crippen LogP contribution >= 0.6 is 0 Å². The molecule has 1 aliphatic heterocycles. The zero-order chi connectivity index (χ0) is 19.5. The van der Waals surface area contributed by atoms with E-state index < -0.39 is 0 Å². The van der Waals surface area contributed by atoms with Crippen molar-refractivity contribution in [3.05, 3.63) is 66.0 Å². The Bertz CT molecular complexity index is 941. The molecule has 0 radical (unpaired) electrons. The minimum atomic E-state index is -0.0285. The number of carbonyl (C=O) groups excluding carboxylic acids is 1. The second-order valence-electron chi connectivity index (χ2n) is 7.20. The van der Waals surface area contributed by atoms with Gasteiger partial charge in [-0.3, -0.25) is 4.79 Å². The number of hydrogen-bond acceptors (Lipinski definition) is 4. The van der Waals surface area contributed by atoms with Crippen LogP contribution in [-0.4, -0.2) is 52.0 Å². The first kappa shape index (κ1) is 18.4. The maximum Gasteiger partial charge on any atom is 0.276 e. The lowest BCUT2D eigenvalue weighted by Crippen LogP contribution is -2.44. The van der Waals surface area contributed by atoms with Crippen molar-refractivity contribution in [3.63, 3.8) is 0 Å². The molecule has 1 aromatic heterocycles. The second kappa shape index (κ2) is 7.94. The van der Waals surface area contributed by atoms with Crippen LogP contribution in [0.5, 0.6) is 0 Å². The lowest BCUT2D eigenvalue weighted by molar-refractivity contribution is 0.0700. The Morgan fingerprint density at radius 3 is 2.29 bits per heavy atom. The molecule has 3 aromatic rings. The molecule has 0 saturated carbocycles. The summed E-state index contributed by atoms with van der Waals surface area (Å²) >= 11 is 0. The van der Waals surface area contributed by atoms with Gasteiger partial charge in [0.2, 0.25) is 0 Å². The monoisotopic (exact) mass is 375 g/mol. The van der Waals surface area contributed by atoms with Gasteiger partial charge in [0.15, 0.2) is 5.69 Å². The average Bonchev–Trinajstić information content (AvgIpc) is 3.15. The SMILES string of the molecule is CNC1CCN(C(=O)c2nnn(-c3ccc(-c4ccccc4)cc3)c2C)CC1. The van der Waals surface area contributed by atoms with Crippen LogP contribution in [0, 0.1) is 6.92 Å². The predicted octanol–water partition coefficient (Wildman–Crippen LogP) is 3.07. The van der Waals surface area contributed by atoms with Crippen LogP contribution < -0.4 is 5.32 Å². The molecule has 2 aromatic carbocycles. The molecule has 4 rings (SSSR count). The van der Waals surface area contributed by atoms with Crippen molar-refractivity contribution < 1.29 is 4.79 Å². The third kappa shape index (κ3) is 3.55. The smallest absolute Gasteiger partial charge is 0.276 e. The van der Waals surface area contributed by atoms with Crippen molar-refractivity contribution in [1.29, 1.82) is 0 Å². The molecule has 144 valence electrons. The number of amides is 1. The van der Waals surface area contributed by atoms with Gasteiger partial charge >= 0.3 is 0 Å². The highest BCUT2D eigenvalue weighted by molar-refractivity contribution is 5.93. The number of nitrogens with zero attached hydrogens (tertiary/aromatic N) is 4. The highest BCUT2D eigenvalue weighted by atomic mass is 16.2. The summed E-state index contributed by atoms with van der Waals surface area (Å²) in [6.45, 7) is 3.41. The first-order valence-corrected chi connectivity index (χ1v) is 9.72. The number of likely N-dealkylation sites (tertiary alicyclic amines) is 1. The van der Waals surface area contributed by atoms with E-state index in [1.807, 2.05) is 49.2 Å². The summed E-state index contributed by atoms with van der Waals surface area (Å²) in [6, 6.07) is 18.9. The van der Waals surface area contributed by atoms with Gasteiger partial charge in [-0.15, -0.1) is 5.10 Å². The molecule has 6 heteroatoms. The number of nitrogens with one attached hydrogen (secondary N) is 1. The van der Waals surface area contributed by atoms with Crippen molar-refractivity contribution in [3.8, 4) is 16.8 Å². The number of piperidine rings is 1. The summed E-state index contributed by atoms with van der Waals surface area (Å²) in [7, 11) is 1.97. The van der Waals surface area contributed by atoms with Gasteiger partial charge in [0.25, 0.3) is 5.91 Å². The van der Waals surface area contributed by atoms with E-state index in [1.165, 1.54) is 5.56 Å². The van der Waals surface area contributed by atoms with Gasteiger partial charge in [-0.25, -0.2) is 4.68 Å². The summed E-state index contributed by atoms with van der Waals surface area (Å²) < 4.78 is 1.74. The van der Waals surface area contributed by atoms with E-state index in [2.05, 4.69) is 39.9 Å². The number of hydrogen-bond donors (Lipinski definition) is 1. The van der Waals surface area contributed by atoms with Gasteiger partial charge in [0.1, 0.15) is 0 Å². The lowest BCUT2D eigenvalue weighted by Gasteiger charge is -2.31. The van der Waals surface area contributed by atoms with E-state index in [0.717, 1.165) is 42.9 Å². The van der Waals surface area contributed by atoms with Crippen molar-refractivity contribution in [2.45, 2.75) is 25.8 Å². The normalized spacial score (nSPS) is 15.0. The Labute approximate surface area is 165 Å². The molecule has 0 atom stereocenters. The molecule has 1 fully saturated rings. The summed E-state index contributed by atoms with van der Waals surface area (Å²) in [4.78, 5) is 14.8. The van der Waals surface area contributed by atoms with Crippen LogP contribution in [0.2, 0.25) is 0 Å². The fraction of sp³-hybridized carbons (Fsp3) is 0.318. The van der Waals surface area contributed by atoms with Gasteiger partial charge in [0.05, 0.1) is 11.4 Å². The second-order valence-corrected chi connectivity index (χ2v) is 7.20. The first-order chi connectivity index (χ1) is 13.7. The van der Waals surface area contributed by atoms with E-state index in [4.69, 9.17) is 0 Å². The summed E-state index contributed by atoms with van der Waals surface area (Å²) in [5.74, 6) is -0.0285. The molecular weight excluding hydrogens is 350 g/mol. The molecular formula is C22H25N5O. The van der Waals surface area contributed by atoms with E-state index in [0.29, 0.717) is 11.7 Å². The first-order valence-electron chi connectivity index (χ1n) is 9.72. The van der Waals surface area contributed by atoms with E-state index >= 15 is 0 Å². The molecule has 1 aliphatic rings. The molecule has 28 heavy (non-hydrogen) atoms. The zero-order valence-corrected chi connectivity index (χ0v) is 16.3. The van der Waals surface area contributed by atoms with Gasteiger partial charge in [-0.1, -0.05) is 47.7 Å². The maximum absolute atomic E-state index is 12.9. The molecule has 1 saturated heterocycles. The fourth-order valence-corrected chi connectivity index (χ4v) is 3.72. The maximum atomic E-state index is 12.9. The Kier molecular flexibility index (Phi) is 5.21. The Hall–Kier alpha value is -2.99.